The van der Waals surface area contributed by atoms with Gasteiger partial charge in [-0.15, -0.1) is 0 Å². The number of pyridine rings is 1. The molecule has 1 aromatic heterocycles. The highest BCUT2D eigenvalue weighted by Gasteiger charge is 2.25. The first-order valence-electron chi connectivity index (χ1n) is 8.53. The normalized spacial score (nSPS) is 16.0. The lowest BCUT2D eigenvalue weighted by Gasteiger charge is -2.30. The van der Waals surface area contributed by atoms with Gasteiger partial charge in [-0.25, -0.2) is 0 Å². The first-order valence-corrected chi connectivity index (χ1v) is 8.53. The Morgan fingerprint density at radius 1 is 1.42 bits per heavy atom. The van der Waals surface area contributed by atoms with Gasteiger partial charge in [-0.2, -0.15) is 0 Å². The van der Waals surface area contributed by atoms with Crippen LogP contribution in [0.5, 0.6) is 0 Å². The number of hydroxylamine groups is 1. The predicted octanol–water partition coefficient (Wildman–Crippen LogP) is 1.85. The molecule has 1 atom stereocenters. The fraction of sp³-hybridized carbons (Fsp3) is 0.556. The predicted molar refractivity (Wildman–Crippen MR) is 93.7 cm³/mol. The van der Waals surface area contributed by atoms with Gasteiger partial charge in [-0.05, 0) is 37.6 Å². The zero-order chi connectivity index (χ0) is 17.4. The van der Waals surface area contributed by atoms with Gasteiger partial charge in [0.25, 0.3) is 0 Å². The molecule has 0 spiro atoms. The monoisotopic (exact) mass is 332 g/mol. The van der Waals surface area contributed by atoms with Gasteiger partial charge in [-0.3, -0.25) is 20.1 Å². The molecule has 0 aromatic carbocycles. The Balaban J connectivity index is 1.77. The summed E-state index contributed by atoms with van der Waals surface area (Å²) in [5.74, 6) is 0.667. The highest BCUT2D eigenvalue weighted by molar-refractivity contribution is 5.82. The number of nitrogens with one attached hydrogen (secondary N) is 2. The van der Waals surface area contributed by atoms with Crippen LogP contribution in [0.4, 0.5) is 0 Å². The zero-order valence-electron chi connectivity index (χ0n) is 14.8. The third kappa shape index (κ3) is 5.62. The van der Waals surface area contributed by atoms with Crippen molar-refractivity contribution in [1.82, 2.24) is 20.7 Å². The van der Waals surface area contributed by atoms with E-state index in [0.29, 0.717) is 25.6 Å². The summed E-state index contributed by atoms with van der Waals surface area (Å²) >= 11 is 0. The van der Waals surface area contributed by atoms with Crippen molar-refractivity contribution in [2.75, 3.05) is 20.1 Å². The molecule has 6 heteroatoms. The molecular weight excluding hydrogens is 304 g/mol. The highest BCUT2D eigenvalue weighted by atomic mass is 16.6. The molecule has 24 heavy (non-hydrogen) atoms. The minimum absolute atomic E-state index is 0.103. The standard InChI is InChI=1S/C18H28N4O2/c1-14(2)12-17(19-3)18(23)22-10-7-15(8-11-22)21-24-13-16-6-4-5-9-20-16/h4-7,9,14,17,19,21H,8,10-13H2,1-3H3/t17-/m0/s1. The number of nitrogens with zero attached hydrogens (tertiary/aromatic N) is 2. The second kappa shape index (κ2) is 9.39. The van der Waals surface area contributed by atoms with E-state index in [0.717, 1.165) is 24.2 Å². The van der Waals surface area contributed by atoms with Crippen LogP contribution in [0.25, 0.3) is 0 Å². The summed E-state index contributed by atoms with van der Waals surface area (Å²) in [7, 11) is 1.85. The van der Waals surface area contributed by atoms with Crippen molar-refractivity contribution in [3.05, 3.63) is 41.9 Å². The Hall–Kier alpha value is -1.92. The summed E-state index contributed by atoms with van der Waals surface area (Å²) in [6.45, 7) is 6.01. The lowest BCUT2D eigenvalue weighted by atomic mass is 10.0. The maximum Gasteiger partial charge on any atom is 0.239 e. The Labute approximate surface area is 144 Å². The quantitative estimate of drug-likeness (QED) is 0.711. The number of hydrogen-bond donors (Lipinski definition) is 2. The molecule has 1 aliphatic heterocycles. The van der Waals surface area contributed by atoms with Crippen LogP contribution in [0, 0.1) is 5.92 Å². The molecule has 6 nitrogen and oxygen atoms in total. The molecule has 2 rings (SSSR count). The molecule has 1 amide bonds. The topological polar surface area (TPSA) is 66.5 Å². The van der Waals surface area contributed by atoms with E-state index in [1.807, 2.05) is 36.2 Å². The average molecular weight is 332 g/mol. The molecule has 2 heterocycles. The number of hydrogen-bond acceptors (Lipinski definition) is 5. The van der Waals surface area contributed by atoms with Crippen LogP contribution >= 0.6 is 0 Å². The van der Waals surface area contributed by atoms with Crippen LogP contribution in [-0.4, -0.2) is 42.0 Å². The Bertz CT molecular complexity index is 545. The molecule has 1 aromatic rings. The van der Waals surface area contributed by atoms with Crippen LogP contribution in [0.1, 0.15) is 32.4 Å². The highest BCUT2D eigenvalue weighted by Crippen LogP contribution is 2.13. The van der Waals surface area contributed by atoms with Crippen molar-refractivity contribution in [3.63, 3.8) is 0 Å². The molecular formula is C18H28N4O2. The molecule has 0 saturated heterocycles. The van der Waals surface area contributed by atoms with E-state index < -0.39 is 0 Å². The van der Waals surface area contributed by atoms with Crippen molar-refractivity contribution < 1.29 is 9.63 Å². The van der Waals surface area contributed by atoms with E-state index in [4.69, 9.17) is 4.84 Å². The third-order valence-corrected chi connectivity index (χ3v) is 4.02. The minimum atomic E-state index is -0.103. The number of rotatable bonds is 8. The fourth-order valence-corrected chi connectivity index (χ4v) is 2.68. The first kappa shape index (κ1) is 18.4. The van der Waals surface area contributed by atoms with E-state index in [1.165, 1.54) is 0 Å². The van der Waals surface area contributed by atoms with Gasteiger partial charge in [0.1, 0.15) is 6.61 Å². The smallest absolute Gasteiger partial charge is 0.239 e. The maximum atomic E-state index is 12.5. The van der Waals surface area contributed by atoms with Crippen LogP contribution in [0.15, 0.2) is 36.2 Å². The molecule has 0 radical (unpaired) electrons. The second-order valence-electron chi connectivity index (χ2n) is 6.45. The molecule has 132 valence electrons. The van der Waals surface area contributed by atoms with Gasteiger partial charge in [0.2, 0.25) is 5.91 Å². The molecule has 2 N–H and O–H groups in total. The minimum Gasteiger partial charge on any atom is -0.337 e. The Morgan fingerprint density at radius 3 is 2.83 bits per heavy atom. The van der Waals surface area contributed by atoms with Crippen molar-refractivity contribution in [2.45, 2.75) is 39.3 Å². The van der Waals surface area contributed by atoms with Gasteiger partial charge in [0.05, 0.1) is 11.7 Å². The molecule has 0 aliphatic carbocycles. The summed E-state index contributed by atoms with van der Waals surface area (Å²) < 4.78 is 0. The Kier molecular flexibility index (Phi) is 7.21. The molecule has 1 aliphatic rings. The van der Waals surface area contributed by atoms with E-state index in [1.54, 1.807) is 6.20 Å². The summed E-state index contributed by atoms with van der Waals surface area (Å²) in [6, 6.07) is 5.63. The summed E-state index contributed by atoms with van der Waals surface area (Å²) in [6.07, 6.45) is 5.39. The molecule has 0 unspecified atom stereocenters. The summed E-state index contributed by atoms with van der Waals surface area (Å²) in [4.78, 5) is 24.1. The maximum absolute atomic E-state index is 12.5. The van der Waals surface area contributed by atoms with Gasteiger partial charge in [0, 0.05) is 31.4 Å². The first-order chi connectivity index (χ1) is 11.6. The van der Waals surface area contributed by atoms with Crippen molar-refractivity contribution in [2.24, 2.45) is 5.92 Å². The second-order valence-corrected chi connectivity index (χ2v) is 6.45. The van der Waals surface area contributed by atoms with Gasteiger partial charge < -0.3 is 10.2 Å². The lowest BCUT2D eigenvalue weighted by molar-refractivity contribution is -0.133. The number of amides is 1. The summed E-state index contributed by atoms with van der Waals surface area (Å²) in [5, 5.41) is 3.13. The Morgan fingerprint density at radius 2 is 2.25 bits per heavy atom. The van der Waals surface area contributed by atoms with E-state index >= 15 is 0 Å². The van der Waals surface area contributed by atoms with Crippen LogP contribution in [0.2, 0.25) is 0 Å². The summed E-state index contributed by atoms with van der Waals surface area (Å²) in [5.41, 5.74) is 4.86. The SMILES string of the molecule is CN[C@@H](CC(C)C)C(=O)N1CC=C(NOCc2ccccn2)CC1. The van der Waals surface area contributed by atoms with E-state index in [-0.39, 0.29) is 11.9 Å². The third-order valence-electron chi connectivity index (χ3n) is 4.02. The van der Waals surface area contributed by atoms with Crippen molar-refractivity contribution in [3.8, 4) is 0 Å². The van der Waals surface area contributed by atoms with Gasteiger partial charge >= 0.3 is 0 Å². The van der Waals surface area contributed by atoms with Gasteiger partial charge in [-0.1, -0.05) is 19.9 Å². The molecule has 0 saturated carbocycles. The van der Waals surface area contributed by atoms with E-state index in [2.05, 4.69) is 29.6 Å². The van der Waals surface area contributed by atoms with Crippen LogP contribution < -0.4 is 10.8 Å². The molecule has 0 fully saturated rings. The number of aromatic nitrogens is 1. The van der Waals surface area contributed by atoms with E-state index in [9.17, 15) is 4.79 Å². The van der Waals surface area contributed by atoms with Crippen molar-refractivity contribution in [1.29, 1.82) is 0 Å². The average Bonchev–Trinajstić information content (AvgIpc) is 2.60. The van der Waals surface area contributed by atoms with Crippen molar-refractivity contribution >= 4 is 5.91 Å². The number of likely N-dealkylation sites (N-methyl/N-ethyl adjacent to an activating group) is 1. The molecule has 0 bridgehead atoms. The van der Waals surface area contributed by atoms with Crippen LogP contribution in [0.3, 0.4) is 0 Å². The largest absolute Gasteiger partial charge is 0.337 e. The fourth-order valence-electron chi connectivity index (χ4n) is 2.68. The number of carbonyl (C=O) groups is 1. The lowest BCUT2D eigenvalue weighted by Crippen LogP contribution is -2.47. The van der Waals surface area contributed by atoms with Gasteiger partial charge in [0.15, 0.2) is 0 Å². The zero-order valence-corrected chi connectivity index (χ0v) is 14.8. The number of carbonyl (C=O) groups excluding carboxylic acids is 1. The van der Waals surface area contributed by atoms with Crippen LogP contribution in [-0.2, 0) is 16.2 Å².